The highest BCUT2D eigenvalue weighted by Crippen LogP contribution is 2.36. The fraction of sp³-hybridized carbons (Fsp3) is 0.154. The second kappa shape index (κ2) is 9.99. The molecule has 0 unspecified atom stereocenters. The number of fused-ring (bicyclic) bond motifs is 1. The molecule has 0 fully saturated rings. The van der Waals surface area contributed by atoms with Crippen molar-refractivity contribution in [2.45, 2.75) is 12.6 Å². The van der Waals surface area contributed by atoms with E-state index in [0.717, 1.165) is 28.1 Å². The third-order valence-corrected chi connectivity index (χ3v) is 6.05. The molecule has 0 bridgehead atoms. The summed E-state index contributed by atoms with van der Waals surface area (Å²) in [6, 6.07) is 24.8. The lowest BCUT2D eigenvalue weighted by atomic mass is 10.0. The van der Waals surface area contributed by atoms with Crippen LogP contribution in [0.4, 0.5) is 5.95 Å². The van der Waals surface area contributed by atoms with E-state index >= 15 is 0 Å². The Bertz CT molecular complexity index is 1350. The number of nitrogens with zero attached hydrogens (tertiary/aromatic N) is 5. The molecular weight excluding hydrogens is 464 g/mol. The molecule has 1 aromatic heterocycles. The fourth-order valence-corrected chi connectivity index (χ4v) is 4.19. The van der Waals surface area contributed by atoms with Crippen LogP contribution >= 0.6 is 11.6 Å². The van der Waals surface area contributed by atoms with Gasteiger partial charge in [-0.2, -0.15) is 4.68 Å². The van der Waals surface area contributed by atoms with Gasteiger partial charge in [-0.3, -0.25) is 9.69 Å². The number of halogens is 1. The number of ether oxygens (including phenoxy) is 1. The summed E-state index contributed by atoms with van der Waals surface area (Å²) in [7, 11) is 1.62. The van der Waals surface area contributed by atoms with Gasteiger partial charge in [0.25, 0.3) is 5.95 Å². The SMILES string of the molecule is COc1cccc(CNC(=O)CN2C(c3ccccc3)=C[C@@H](c3ccc(Cl)cc3)n3nnnc32)c1. The van der Waals surface area contributed by atoms with Crippen molar-refractivity contribution in [3.05, 3.63) is 107 Å². The van der Waals surface area contributed by atoms with Gasteiger partial charge < -0.3 is 10.1 Å². The van der Waals surface area contributed by atoms with Crippen LogP contribution in [0.5, 0.6) is 5.75 Å². The molecule has 1 aliphatic heterocycles. The lowest BCUT2D eigenvalue weighted by Crippen LogP contribution is -2.39. The third kappa shape index (κ3) is 4.88. The van der Waals surface area contributed by atoms with Gasteiger partial charge in [-0.15, -0.1) is 0 Å². The first kappa shape index (κ1) is 22.6. The van der Waals surface area contributed by atoms with Crippen molar-refractivity contribution >= 4 is 29.2 Å². The highest BCUT2D eigenvalue weighted by Gasteiger charge is 2.31. The average Bonchev–Trinajstić information content (AvgIpc) is 3.39. The summed E-state index contributed by atoms with van der Waals surface area (Å²) in [4.78, 5) is 14.9. The van der Waals surface area contributed by atoms with E-state index in [1.54, 1.807) is 11.8 Å². The Morgan fingerprint density at radius 2 is 1.86 bits per heavy atom. The predicted molar refractivity (Wildman–Crippen MR) is 134 cm³/mol. The Morgan fingerprint density at radius 1 is 1.06 bits per heavy atom. The van der Waals surface area contributed by atoms with E-state index < -0.39 is 0 Å². The first-order chi connectivity index (χ1) is 17.1. The largest absolute Gasteiger partial charge is 0.497 e. The van der Waals surface area contributed by atoms with Crippen LogP contribution in [0.2, 0.25) is 5.02 Å². The third-order valence-electron chi connectivity index (χ3n) is 5.79. The standard InChI is InChI=1S/C26H23ClN6O2/c1-35-22-9-5-6-18(14-22)16-28-25(34)17-32-23(19-7-3-2-4-8-19)15-24(33-26(32)29-30-31-33)20-10-12-21(27)13-11-20/h2-15,24H,16-17H2,1H3,(H,28,34)/t24-/m0/s1. The van der Waals surface area contributed by atoms with E-state index in [0.29, 0.717) is 17.5 Å². The molecule has 1 amide bonds. The van der Waals surface area contributed by atoms with E-state index in [2.05, 4.69) is 26.9 Å². The first-order valence-corrected chi connectivity index (χ1v) is 11.5. The van der Waals surface area contributed by atoms with Crippen LogP contribution in [0, 0.1) is 0 Å². The maximum Gasteiger partial charge on any atom is 0.251 e. The smallest absolute Gasteiger partial charge is 0.251 e. The summed E-state index contributed by atoms with van der Waals surface area (Å²) in [5, 5.41) is 16.0. The lowest BCUT2D eigenvalue weighted by Gasteiger charge is -2.32. The van der Waals surface area contributed by atoms with Crippen LogP contribution in [-0.2, 0) is 11.3 Å². The minimum absolute atomic E-state index is 0.0540. The number of hydrogen-bond acceptors (Lipinski definition) is 6. The van der Waals surface area contributed by atoms with E-state index in [-0.39, 0.29) is 18.5 Å². The van der Waals surface area contributed by atoms with Gasteiger partial charge in [-0.1, -0.05) is 71.3 Å². The monoisotopic (exact) mass is 486 g/mol. The molecule has 4 aromatic rings. The van der Waals surface area contributed by atoms with Crippen LogP contribution < -0.4 is 15.0 Å². The molecular formula is C26H23ClN6O2. The zero-order valence-electron chi connectivity index (χ0n) is 19.0. The molecule has 1 N–H and O–H groups in total. The molecule has 176 valence electrons. The normalized spacial score (nSPS) is 14.7. The van der Waals surface area contributed by atoms with Crippen LogP contribution in [0.3, 0.4) is 0 Å². The predicted octanol–water partition coefficient (Wildman–Crippen LogP) is 4.10. The second-order valence-electron chi connectivity index (χ2n) is 8.05. The van der Waals surface area contributed by atoms with E-state index in [1.165, 1.54) is 0 Å². The van der Waals surface area contributed by atoms with Gasteiger partial charge in [0.05, 0.1) is 12.8 Å². The minimum atomic E-state index is -0.247. The molecule has 1 atom stereocenters. The molecule has 1 aliphatic rings. The maximum absolute atomic E-state index is 13.0. The van der Waals surface area contributed by atoms with Gasteiger partial charge >= 0.3 is 0 Å². The number of rotatable bonds is 7. The van der Waals surface area contributed by atoms with Crippen molar-refractivity contribution in [2.75, 3.05) is 18.6 Å². The van der Waals surface area contributed by atoms with E-state index in [4.69, 9.17) is 16.3 Å². The number of carbonyl (C=O) groups excluding carboxylic acids is 1. The lowest BCUT2D eigenvalue weighted by molar-refractivity contribution is -0.119. The van der Waals surface area contributed by atoms with Gasteiger partial charge in [0.15, 0.2) is 0 Å². The maximum atomic E-state index is 13.0. The van der Waals surface area contributed by atoms with Crippen LogP contribution in [0.1, 0.15) is 22.7 Å². The molecule has 35 heavy (non-hydrogen) atoms. The number of aromatic nitrogens is 4. The Kier molecular flexibility index (Phi) is 6.45. The molecule has 3 aromatic carbocycles. The van der Waals surface area contributed by atoms with Gasteiger partial charge in [0.1, 0.15) is 18.3 Å². The van der Waals surface area contributed by atoms with Crippen LogP contribution in [0.15, 0.2) is 84.9 Å². The Hall–Kier alpha value is -4.17. The molecule has 2 heterocycles. The van der Waals surface area contributed by atoms with Crippen LogP contribution in [0.25, 0.3) is 5.70 Å². The summed E-state index contributed by atoms with van der Waals surface area (Å²) in [6.45, 7) is 0.436. The van der Waals surface area contributed by atoms with E-state index in [9.17, 15) is 4.79 Å². The molecule has 8 nitrogen and oxygen atoms in total. The average molecular weight is 487 g/mol. The summed E-state index contributed by atoms with van der Waals surface area (Å²) in [5.41, 5.74) is 3.74. The number of anilines is 1. The molecule has 9 heteroatoms. The quantitative estimate of drug-likeness (QED) is 0.423. The van der Waals surface area contributed by atoms with Crippen molar-refractivity contribution in [2.24, 2.45) is 0 Å². The zero-order valence-corrected chi connectivity index (χ0v) is 19.8. The van der Waals surface area contributed by atoms with Gasteiger partial charge in [0, 0.05) is 11.6 Å². The number of benzene rings is 3. The number of methoxy groups -OCH3 is 1. The van der Waals surface area contributed by atoms with Crippen LogP contribution in [-0.4, -0.2) is 39.8 Å². The van der Waals surface area contributed by atoms with Gasteiger partial charge in [-0.25, -0.2) is 0 Å². The van der Waals surface area contributed by atoms with Crippen molar-refractivity contribution in [3.8, 4) is 5.75 Å². The molecule has 0 spiro atoms. The van der Waals surface area contributed by atoms with Crippen molar-refractivity contribution < 1.29 is 9.53 Å². The Morgan fingerprint density at radius 3 is 2.63 bits per heavy atom. The molecule has 5 rings (SSSR count). The highest BCUT2D eigenvalue weighted by atomic mass is 35.5. The molecule has 0 radical (unpaired) electrons. The number of hydrogen-bond donors (Lipinski definition) is 1. The van der Waals surface area contributed by atoms with E-state index in [1.807, 2.05) is 83.8 Å². The number of carbonyl (C=O) groups is 1. The fourth-order valence-electron chi connectivity index (χ4n) is 4.06. The molecule has 0 aliphatic carbocycles. The summed E-state index contributed by atoms with van der Waals surface area (Å²) < 4.78 is 6.98. The number of allylic oxidation sites excluding steroid dienone is 1. The second-order valence-corrected chi connectivity index (χ2v) is 8.49. The number of amides is 1. The summed E-state index contributed by atoms with van der Waals surface area (Å²) in [5.74, 6) is 1.08. The van der Waals surface area contributed by atoms with Crippen molar-refractivity contribution in [3.63, 3.8) is 0 Å². The summed E-state index contributed by atoms with van der Waals surface area (Å²) >= 11 is 6.10. The van der Waals surface area contributed by atoms with Gasteiger partial charge in [-0.05, 0) is 57.5 Å². The Balaban J connectivity index is 1.44. The Labute approximate surface area is 207 Å². The van der Waals surface area contributed by atoms with Crippen molar-refractivity contribution in [1.29, 1.82) is 0 Å². The number of nitrogens with one attached hydrogen (secondary N) is 1. The molecule has 0 saturated carbocycles. The molecule has 0 saturated heterocycles. The zero-order chi connectivity index (χ0) is 24.2. The topological polar surface area (TPSA) is 85.2 Å². The van der Waals surface area contributed by atoms with Crippen molar-refractivity contribution in [1.82, 2.24) is 25.5 Å². The van der Waals surface area contributed by atoms with Gasteiger partial charge in [0.2, 0.25) is 5.91 Å². The first-order valence-electron chi connectivity index (χ1n) is 11.1. The summed E-state index contributed by atoms with van der Waals surface area (Å²) in [6.07, 6.45) is 2.07. The minimum Gasteiger partial charge on any atom is -0.497 e. The number of tetrazole rings is 1. The highest BCUT2D eigenvalue weighted by molar-refractivity contribution is 6.30.